The zero-order valence-electron chi connectivity index (χ0n) is 10.0. The second-order valence-corrected chi connectivity index (χ2v) is 4.17. The van der Waals surface area contributed by atoms with Crippen molar-refractivity contribution in [2.75, 3.05) is 19.0 Å². The number of nitrogens with zero attached hydrogens (tertiary/aromatic N) is 2. The summed E-state index contributed by atoms with van der Waals surface area (Å²) >= 11 is 0. The van der Waals surface area contributed by atoms with Crippen LogP contribution in [0, 0.1) is 0 Å². The Balaban J connectivity index is 2.23. The van der Waals surface area contributed by atoms with Gasteiger partial charge in [-0.1, -0.05) is 18.2 Å². The quantitative estimate of drug-likeness (QED) is 0.875. The Morgan fingerprint density at radius 1 is 1.06 bits per heavy atom. The van der Waals surface area contributed by atoms with Gasteiger partial charge in [-0.3, -0.25) is 4.98 Å². The molecule has 1 aromatic carbocycles. The largest absolute Gasteiger partial charge is 0.384 e. The second-order valence-electron chi connectivity index (χ2n) is 4.17. The third kappa shape index (κ3) is 2.63. The molecule has 0 unspecified atom stereocenters. The summed E-state index contributed by atoms with van der Waals surface area (Å²) < 4.78 is 0. The molecular formula is C14H16N2O. The van der Waals surface area contributed by atoms with E-state index < -0.39 is 6.10 Å². The minimum atomic E-state index is -0.611. The standard InChI is InChI=1S/C14H16N2O/c1-16(2)13-7-5-11(6-8-13)14(17)12-4-3-9-15-10-12/h3-10,14,17H,1-2H3/t14-/m1/s1. The number of anilines is 1. The van der Waals surface area contributed by atoms with Crippen LogP contribution >= 0.6 is 0 Å². The van der Waals surface area contributed by atoms with Gasteiger partial charge in [-0.05, 0) is 23.8 Å². The van der Waals surface area contributed by atoms with E-state index in [-0.39, 0.29) is 0 Å². The summed E-state index contributed by atoms with van der Waals surface area (Å²) in [7, 11) is 3.99. The Morgan fingerprint density at radius 2 is 1.76 bits per heavy atom. The molecule has 0 aliphatic rings. The molecule has 0 fully saturated rings. The van der Waals surface area contributed by atoms with Crippen LogP contribution in [0.3, 0.4) is 0 Å². The van der Waals surface area contributed by atoms with Crippen molar-refractivity contribution in [1.29, 1.82) is 0 Å². The van der Waals surface area contributed by atoms with Crippen molar-refractivity contribution in [3.8, 4) is 0 Å². The van der Waals surface area contributed by atoms with Gasteiger partial charge in [-0.2, -0.15) is 0 Å². The minimum Gasteiger partial charge on any atom is -0.384 e. The van der Waals surface area contributed by atoms with E-state index >= 15 is 0 Å². The van der Waals surface area contributed by atoms with Gasteiger partial charge in [0.1, 0.15) is 6.10 Å². The Morgan fingerprint density at radius 3 is 2.29 bits per heavy atom. The maximum atomic E-state index is 10.2. The van der Waals surface area contributed by atoms with Crippen LogP contribution in [0.1, 0.15) is 17.2 Å². The first-order valence-electron chi connectivity index (χ1n) is 5.54. The second kappa shape index (κ2) is 4.97. The Hall–Kier alpha value is -1.87. The summed E-state index contributed by atoms with van der Waals surface area (Å²) in [4.78, 5) is 6.04. The van der Waals surface area contributed by atoms with Crippen molar-refractivity contribution < 1.29 is 5.11 Å². The fourth-order valence-electron chi connectivity index (χ4n) is 1.68. The van der Waals surface area contributed by atoms with E-state index in [0.717, 1.165) is 16.8 Å². The summed E-state index contributed by atoms with van der Waals surface area (Å²) in [5, 5.41) is 10.2. The van der Waals surface area contributed by atoms with Crippen molar-refractivity contribution in [1.82, 2.24) is 4.98 Å². The van der Waals surface area contributed by atoms with Crippen LogP contribution in [0.4, 0.5) is 5.69 Å². The topological polar surface area (TPSA) is 36.4 Å². The molecule has 17 heavy (non-hydrogen) atoms. The van der Waals surface area contributed by atoms with Crippen molar-refractivity contribution in [3.05, 3.63) is 59.9 Å². The maximum Gasteiger partial charge on any atom is 0.106 e. The van der Waals surface area contributed by atoms with E-state index in [1.165, 1.54) is 0 Å². The molecule has 3 heteroatoms. The molecule has 0 aliphatic heterocycles. The first-order valence-corrected chi connectivity index (χ1v) is 5.54. The SMILES string of the molecule is CN(C)c1ccc([C@@H](O)c2cccnc2)cc1. The molecule has 0 saturated heterocycles. The van der Waals surface area contributed by atoms with Gasteiger partial charge < -0.3 is 10.0 Å². The summed E-state index contributed by atoms with van der Waals surface area (Å²) in [6.45, 7) is 0. The number of pyridine rings is 1. The zero-order chi connectivity index (χ0) is 12.3. The normalized spacial score (nSPS) is 12.2. The number of aromatic nitrogens is 1. The molecule has 1 atom stereocenters. The third-order valence-electron chi connectivity index (χ3n) is 2.73. The Bertz CT molecular complexity index is 465. The summed E-state index contributed by atoms with van der Waals surface area (Å²) in [5.41, 5.74) is 2.81. The average Bonchev–Trinajstić information content (AvgIpc) is 2.39. The van der Waals surface area contributed by atoms with Gasteiger partial charge in [0, 0.05) is 37.7 Å². The molecule has 2 rings (SSSR count). The van der Waals surface area contributed by atoms with Crippen molar-refractivity contribution in [2.45, 2.75) is 6.10 Å². The monoisotopic (exact) mass is 228 g/mol. The van der Waals surface area contributed by atoms with Crippen LogP contribution in [-0.2, 0) is 0 Å². The zero-order valence-corrected chi connectivity index (χ0v) is 10.0. The van der Waals surface area contributed by atoms with Gasteiger partial charge in [0.15, 0.2) is 0 Å². The lowest BCUT2D eigenvalue weighted by Crippen LogP contribution is -2.08. The summed E-state index contributed by atoms with van der Waals surface area (Å²) in [5.74, 6) is 0. The highest BCUT2D eigenvalue weighted by atomic mass is 16.3. The van der Waals surface area contributed by atoms with Crippen LogP contribution in [0.2, 0.25) is 0 Å². The number of hydrogen-bond acceptors (Lipinski definition) is 3. The molecule has 88 valence electrons. The van der Waals surface area contributed by atoms with E-state index in [2.05, 4.69) is 4.98 Å². The highest BCUT2D eigenvalue weighted by molar-refractivity contribution is 5.47. The lowest BCUT2D eigenvalue weighted by Gasteiger charge is -2.15. The summed E-state index contributed by atoms with van der Waals surface area (Å²) in [6.07, 6.45) is 2.77. The van der Waals surface area contributed by atoms with E-state index in [4.69, 9.17) is 0 Å². The van der Waals surface area contributed by atoms with Crippen molar-refractivity contribution in [3.63, 3.8) is 0 Å². The van der Waals surface area contributed by atoms with Crippen molar-refractivity contribution in [2.24, 2.45) is 0 Å². The predicted octanol–water partition coefficient (Wildman–Crippen LogP) is 2.23. The lowest BCUT2D eigenvalue weighted by molar-refractivity contribution is 0.220. The van der Waals surface area contributed by atoms with E-state index in [0.29, 0.717) is 0 Å². The van der Waals surface area contributed by atoms with E-state index in [9.17, 15) is 5.11 Å². The molecule has 0 aliphatic carbocycles. The van der Waals surface area contributed by atoms with E-state index in [1.54, 1.807) is 12.4 Å². The first kappa shape index (κ1) is 11.6. The Labute approximate surface area is 101 Å². The molecule has 1 aromatic heterocycles. The van der Waals surface area contributed by atoms with Gasteiger partial charge in [-0.25, -0.2) is 0 Å². The number of aliphatic hydroxyl groups is 1. The molecule has 0 radical (unpaired) electrons. The highest BCUT2D eigenvalue weighted by Crippen LogP contribution is 2.23. The molecular weight excluding hydrogens is 212 g/mol. The van der Waals surface area contributed by atoms with Gasteiger partial charge in [0.25, 0.3) is 0 Å². The Kier molecular flexibility index (Phi) is 3.40. The molecule has 0 amide bonds. The van der Waals surface area contributed by atoms with Gasteiger partial charge in [-0.15, -0.1) is 0 Å². The first-order chi connectivity index (χ1) is 8.18. The van der Waals surface area contributed by atoms with Crippen LogP contribution in [0.5, 0.6) is 0 Å². The minimum absolute atomic E-state index is 0.611. The molecule has 1 heterocycles. The molecule has 3 nitrogen and oxygen atoms in total. The molecule has 1 N–H and O–H groups in total. The number of aliphatic hydroxyl groups excluding tert-OH is 1. The highest BCUT2D eigenvalue weighted by Gasteiger charge is 2.10. The van der Waals surface area contributed by atoms with Gasteiger partial charge in [0.2, 0.25) is 0 Å². The number of rotatable bonds is 3. The van der Waals surface area contributed by atoms with E-state index in [1.807, 2.05) is 55.4 Å². The van der Waals surface area contributed by atoms with Crippen LogP contribution < -0.4 is 4.90 Å². The van der Waals surface area contributed by atoms with Crippen molar-refractivity contribution >= 4 is 5.69 Å². The third-order valence-corrected chi connectivity index (χ3v) is 2.73. The molecule has 2 aromatic rings. The lowest BCUT2D eigenvalue weighted by atomic mass is 10.0. The number of hydrogen-bond donors (Lipinski definition) is 1. The molecule has 0 saturated carbocycles. The van der Waals surface area contributed by atoms with Gasteiger partial charge in [0.05, 0.1) is 0 Å². The fraction of sp³-hybridized carbons (Fsp3) is 0.214. The average molecular weight is 228 g/mol. The van der Waals surface area contributed by atoms with Crippen LogP contribution in [-0.4, -0.2) is 24.2 Å². The maximum absolute atomic E-state index is 10.2. The van der Waals surface area contributed by atoms with Crippen LogP contribution in [0.25, 0.3) is 0 Å². The van der Waals surface area contributed by atoms with Crippen LogP contribution in [0.15, 0.2) is 48.8 Å². The smallest absolute Gasteiger partial charge is 0.106 e. The molecule has 0 spiro atoms. The predicted molar refractivity (Wildman–Crippen MR) is 69.1 cm³/mol. The molecule has 0 bridgehead atoms. The summed E-state index contributed by atoms with van der Waals surface area (Å²) in [6, 6.07) is 11.6. The van der Waals surface area contributed by atoms with Gasteiger partial charge >= 0.3 is 0 Å². The number of benzene rings is 1. The fourth-order valence-corrected chi connectivity index (χ4v) is 1.68.